The van der Waals surface area contributed by atoms with E-state index in [1.807, 2.05) is 11.3 Å². The maximum absolute atomic E-state index is 6.18. The molecule has 0 aromatic carbocycles. The van der Waals surface area contributed by atoms with Gasteiger partial charge >= 0.3 is 0 Å². The van der Waals surface area contributed by atoms with E-state index in [0.717, 1.165) is 22.7 Å². The monoisotopic (exact) mass is 316 g/mol. The summed E-state index contributed by atoms with van der Waals surface area (Å²) in [7, 11) is 0. The molecule has 0 bridgehead atoms. The van der Waals surface area contributed by atoms with E-state index in [1.165, 1.54) is 49.0 Å². The van der Waals surface area contributed by atoms with Gasteiger partial charge in [-0.15, -0.1) is 11.3 Å². The van der Waals surface area contributed by atoms with Gasteiger partial charge in [0.2, 0.25) is 0 Å². The summed E-state index contributed by atoms with van der Waals surface area (Å²) < 4.78 is 0. The van der Waals surface area contributed by atoms with E-state index in [2.05, 4.69) is 22.2 Å². The van der Waals surface area contributed by atoms with Crippen molar-refractivity contribution in [3.05, 3.63) is 16.8 Å². The SMILES string of the molecule is CCN[C@H]1CCCC(C2CCc3sc4ncnc(N)c4c32)C1. The molecule has 4 rings (SSSR count). The average Bonchev–Trinajstić information content (AvgIpc) is 3.07. The van der Waals surface area contributed by atoms with Crippen LogP contribution in [0.1, 0.15) is 55.4 Å². The first kappa shape index (κ1) is 14.4. The summed E-state index contributed by atoms with van der Waals surface area (Å²) in [6, 6.07) is 0.700. The lowest BCUT2D eigenvalue weighted by molar-refractivity contribution is 0.252. The lowest BCUT2D eigenvalue weighted by atomic mass is 9.75. The summed E-state index contributed by atoms with van der Waals surface area (Å²) in [6.45, 7) is 3.29. The predicted molar refractivity (Wildman–Crippen MR) is 92.3 cm³/mol. The molecular formula is C17H24N4S. The molecule has 3 N–H and O–H groups in total. The Morgan fingerprint density at radius 2 is 2.23 bits per heavy atom. The fraction of sp³-hybridized carbons (Fsp3) is 0.647. The second-order valence-corrected chi connectivity index (χ2v) is 7.79. The molecule has 2 heterocycles. The number of nitrogens with one attached hydrogen (secondary N) is 1. The number of nitrogen functional groups attached to an aromatic ring is 1. The molecule has 1 saturated carbocycles. The third-order valence-corrected chi connectivity index (χ3v) is 6.63. The van der Waals surface area contributed by atoms with E-state index in [-0.39, 0.29) is 0 Å². The molecule has 3 atom stereocenters. The van der Waals surface area contributed by atoms with Crippen LogP contribution in [0.3, 0.4) is 0 Å². The number of hydrogen-bond donors (Lipinski definition) is 2. The van der Waals surface area contributed by atoms with Crippen molar-refractivity contribution in [3.8, 4) is 0 Å². The predicted octanol–water partition coefficient (Wildman–Crippen LogP) is 3.47. The molecule has 0 aliphatic heterocycles. The second kappa shape index (κ2) is 5.78. The molecule has 0 saturated heterocycles. The smallest absolute Gasteiger partial charge is 0.135 e. The summed E-state index contributed by atoms with van der Waals surface area (Å²) in [4.78, 5) is 11.3. The van der Waals surface area contributed by atoms with Gasteiger partial charge in [0, 0.05) is 10.9 Å². The zero-order valence-corrected chi connectivity index (χ0v) is 14.0. The van der Waals surface area contributed by atoms with Gasteiger partial charge in [-0.05, 0) is 56.0 Å². The van der Waals surface area contributed by atoms with Gasteiger partial charge in [-0.2, -0.15) is 0 Å². The first-order chi connectivity index (χ1) is 10.8. The number of hydrogen-bond acceptors (Lipinski definition) is 5. The van der Waals surface area contributed by atoms with Crippen LogP contribution in [-0.4, -0.2) is 22.6 Å². The van der Waals surface area contributed by atoms with Gasteiger partial charge in [0.15, 0.2) is 0 Å². The van der Waals surface area contributed by atoms with Crippen LogP contribution in [0, 0.1) is 5.92 Å². The Hall–Kier alpha value is -1.20. The molecule has 2 aliphatic carbocycles. The third kappa shape index (κ3) is 2.31. The lowest BCUT2D eigenvalue weighted by Crippen LogP contribution is -2.35. The van der Waals surface area contributed by atoms with Crippen molar-refractivity contribution in [2.75, 3.05) is 12.3 Å². The number of thiophene rings is 1. The van der Waals surface area contributed by atoms with Crippen molar-refractivity contribution in [1.29, 1.82) is 0 Å². The molecular weight excluding hydrogens is 292 g/mol. The topological polar surface area (TPSA) is 63.8 Å². The molecule has 2 aromatic rings. The highest BCUT2D eigenvalue weighted by Gasteiger charge is 2.36. The van der Waals surface area contributed by atoms with Crippen molar-refractivity contribution in [1.82, 2.24) is 15.3 Å². The van der Waals surface area contributed by atoms with E-state index >= 15 is 0 Å². The zero-order valence-electron chi connectivity index (χ0n) is 13.1. The minimum absolute atomic E-state index is 0.665. The molecule has 0 amide bonds. The van der Waals surface area contributed by atoms with Crippen molar-refractivity contribution >= 4 is 27.4 Å². The number of nitrogens with two attached hydrogens (primary N) is 1. The van der Waals surface area contributed by atoms with E-state index in [1.54, 1.807) is 6.33 Å². The Morgan fingerprint density at radius 1 is 1.32 bits per heavy atom. The fourth-order valence-corrected chi connectivity index (χ4v) is 5.80. The average molecular weight is 316 g/mol. The molecule has 22 heavy (non-hydrogen) atoms. The highest BCUT2D eigenvalue weighted by molar-refractivity contribution is 7.19. The Bertz CT molecular complexity index is 679. The number of fused-ring (bicyclic) bond motifs is 3. The van der Waals surface area contributed by atoms with E-state index in [0.29, 0.717) is 17.8 Å². The number of aryl methyl sites for hydroxylation is 1. The van der Waals surface area contributed by atoms with Crippen LogP contribution in [0.5, 0.6) is 0 Å². The first-order valence-corrected chi connectivity index (χ1v) is 9.34. The van der Waals surface area contributed by atoms with Crippen molar-refractivity contribution in [3.63, 3.8) is 0 Å². The summed E-state index contributed by atoms with van der Waals surface area (Å²) in [5.74, 6) is 2.13. The molecule has 2 unspecified atom stereocenters. The second-order valence-electron chi connectivity index (χ2n) is 6.70. The maximum atomic E-state index is 6.18. The minimum Gasteiger partial charge on any atom is -0.383 e. The van der Waals surface area contributed by atoms with E-state index in [4.69, 9.17) is 5.73 Å². The number of rotatable bonds is 3. The van der Waals surface area contributed by atoms with Crippen LogP contribution < -0.4 is 11.1 Å². The van der Waals surface area contributed by atoms with Crippen LogP contribution in [0.4, 0.5) is 5.82 Å². The molecule has 5 heteroatoms. The third-order valence-electron chi connectivity index (χ3n) is 5.46. The Kier molecular flexibility index (Phi) is 3.78. The Balaban J connectivity index is 1.68. The summed E-state index contributed by atoms with van der Waals surface area (Å²) in [6.07, 6.45) is 9.43. The molecule has 0 radical (unpaired) electrons. The normalized spacial score (nSPS) is 28.1. The molecule has 118 valence electrons. The van der Waals surface area contributed by atoms with Gasteiger partial charge in [-0.1, -0.05) is 13.3 Å². The Labute approximate surface area is 135 Å². The van der Waals surface area contributed by atoms with Crippen LogP contribution in [-0.2, 0) is 6.42 Å². The fourth-order valence-electron chi connectivity index (χ4n) is 4.57. The maximum Gasteiger partial charge on any atom is 0.135 e. The molecule has 2 aromatic heterocycles. The standard InChI is InChI=1S/C17H24N4S/c1-2-19-11-5-3-4-10(8-11)12-6-7-13-14(12)15-16(18)20-9-21-17(15)22-13/h9-12,19H,2-8H2,1H3,(H2,18,20,21)/t10?,11-,12?/m0/s1. The summed E-state index contributed by atoms with van der Waals surface area (Å²) >= 11 is 1.83. The van der Waals surface area contributed by atoms with Crippen molar-refractivity contribution in [2.24, 2.45) is 5.92 Å². The van der Waals surface area contributed by atoms with Crippen molar-refractivity contribution < 1.29 is 0 Å². The van der Waals surface area contributed by atoms with Crippen LogP contribution >= 0.6 is 11.3 Å². The highest BCUT2D eigenvalue weighted by Crippen LogP contribution is 2.50. The van der Waals surface area contributed by atoms with Gasteiger partial charge in [-0.25, -0.2) is 9.97 Å². The molecule has 0 spiro atoms. The van der Waals surface area contributed by atoms with E-state index < -0.39 is 0 Å². The number of aromatic nitrogens is 2. The number of nitrogens with zero attached hydrogens (tertiary/aromatic N) is 2. The highest BCUT2D eigenvalue weighted by atomic mass is 32.1. The number of anilines is 1. The summed E-state index contributed by atoms with van der Waals surface area (Å²) in [5.41, 5.74) is 7.68. The first-order valence-electron chi connectivity index (χ1n) is 8.53. The zero-order chi connectivity index (χ0) is 15.1. The van der Waals surface area contributed by atoms with Gasteiger partial charge in [0.25, 0.3) is 0 Å². The molecule has 4 nitrogen and oxygen atoms in total. The van der Waals surface area contributed by atoms with Crippen LogP contribution in [0.2, 0.25) is 0 Å². The van der Waals surface area contributed by atoms with Crippen LogP contribution in [0.15, 0.2) is 6.33 Å². The Morgan fingerprint density at radius 3 is 3.09 bits per heavy atom. The summed E-state index contributed by atoms with van der Waals surface area (Å²) in [5, 5.41) is 4.82. The van der Waals surface area contributed by atoms with Crippen LogP contribution in [0.25, 0.3) is 10.2 Å². The van der Waals surface area contributed by atoms with Gasteiger partial charge < -0.3 is 11.1 Å². The minimum atomic E-state index is 0.665. The molecule has 2 aliphatic rings. The molecule has 1 fully saturated rings. The lowest BCUT2D eigenvalue weighted by Gasteiger charge is -2.33. The van der Waals surface area contributed by atoms with Crippen molar-refractivity contribution in [2.45, 2.75) is 57.4 Å². The van der Waals surface area contributed by atoms with Gasteiger partial charge in [-0.3, -0.25) is 0 Å². The largest absolute Gasteiger partial charge is 0.383 e. The van der Waals surface area contributed by atoms with Gasteiger partial charge in [0.05, 0.1) is 5.39 Å². The van der Waals surface area contributed by atoms with Gasteiger partial charge in [0.1, 0.15) is 17.0 Å². The quantitative estimate of drug-likeness (QED) is 0.910. The van der Waals surface area contributed by atoms with E-state index in [9.17, 15) is 0 Å².